The van der Waals surface area contributed by atoms with Gasteiger partial charge in [-0.25, -0.2) is 13.1 Å². The Morgan fingerprint density at radius 1 is 1.06 bits per heavy atom. The second-order valence-corrected chi connectivity index (χ2v) is 10.2. The van der Waals surface area contributed by atoms with Gasteiger partial charge in [-0.15, -0.1) is 0 Å². The maximum absolute atomic E-state index is 12.8. The molecule has 0 atom stereocenters. The number of para-hydroxylation sites is 1. The normalized spacial score (nSPS) is 15.6. The van der Waals surface area contributed by atoms with Crippen LogP contribution in [0.4, 0.5) is 0 Å². The first-order valence-corrected chi connectivity index (χ1v) is 12.3. The van der Waals surface area contributed by atoms with Crippen LogP contribution in [0.2, 0.25) is 5.15 Å². The Hall–Kier alpha value is -2.68. The standard InChI is InChI=1S/C23H25ClN4O3S/c1-17-21(22(24)28(26-17)19-8-4-2-5-9-19)23(29)25-16-18-12-14-27(15-13-18)32(30,31)20-10-6-3-7-11-20/h2-11,18H,12-16H2,1H3,(H,25,29). The summed E-state index contributed by atoms with van der Waals surface area (Å²) in [5, 5.41) is 7.64. The average molecular weight is 473 g/mol. The SMILES string of the molecule is Cc1nn(-c2ccccc2)c(Cl)c1C(=O)NCC1CCN(S(=O)(=O)c2ccccc2)CC1. The van der Waals surface area contributed by atoms with E-state index < -0.39 is 10.0 Å². The zero-order valence-corrected chi connectivity index (χ0v) is 19.3. The van der Waals surface area contributed by atoms with E-state index in [9.17, 15) is 13.2 Å². The van der Waals surface area contributed by atoms with Crippen LogP contribution in [0.3, 0.4) is 0 Å². The second kappa shape index (κ2) is 9.44. The number of halogens is 1. The molecule has 1 saturated heterocycles. The predicted octanol–water partition coefficient (Wildman–Crippen LogP) is 3.66. The average Bonchev–Trinajstić information content (AvgIpc) is 3.12. The zero-order chi connectivity index (χ0) is 22.7. The molecule has 0 radical (unpaired) electrons. The van der Waals surface area contributed by atoms with Crippen LogP contribution in [0.5, 0.6) is 0 Å². The first-order valence-electron chi connectivity index (χ1n) is 10.5. The van der Waals surface area contributed by atoms with Crippen molar-refractivity contribution in [1.29, 1.82) is 0 Å². The summed E-state index contributed by atoms with van der Waals surface area (Å²) in [5.74, 6) is -0.0709. The van der Waals surface area contributed by atoms with E-state index in [0.29, 0.717) is 48.6 Å². The van der Waals surface area contributed by atoms with E-state index in [2.05, 4.69) is 10.4 Å². The van der Waals surface area contributed by atoms with Gasteiger partial charge in [-0.05, 0) is 49.9 Å². The fourth-order valence-corrected chi connectivity index (χ4v) is 5.77. The fourth-order valence-electron chi connectivity index (χ4n) is 3.92. The number of sulfonamides is 1. The van der Waals surface area contributed by atoms with Crippen molar-refractivity contribution in [3.8, 4) is 5.69 Å². The van der Waals surface area contributed by atoms with Gasteiger partial charge < -0.3 is 5.32 Å². The molecule has 1 aliphatic heterocycles. The summed E-state index contributed by atoms with van der Waals surface area (Å²) in [6.07, 6.45) is 1.37. The topological polar surface area (TPSA) is 84.3 Å². The number of hydrogen-bond acceptors (Lipinski definition) is 4. The van der Waals surface area contributed by atoms with E-state index in [0.717, 1.165) is 5.69 Å². The van der Waals surface area contributed by atoms with Crippen LogP contribution >= 0.6 is 11.6 Å². The van der Waals surface area contributed by atoms with Gasteiger partial charge >= 0.3 is 0 Å². The molecule has 0 unspecified atom stereocenters. The molecule has 2 aromatic carbocycles. The fraction of sp³-hybridized carbons (Fsp3) is 0.304. The lowest BCUT2D eigenvalue weighted by Crippen LogP contribution is -2.41. The number of nitrogens with zero attached hydrogens (tertiary/aromatic N) is 3. The van der Waals surface area contributed by atoms with Gasteiger partial charge in [0, 0.05) is 19.6 Å². The molecular formula is C23H25ClN4O3S. The highest BCUT2D eigenvalue weighted by Gasteiger charge is 2.30. The van der Waals surface area contributed by atoms with E-state index >= 15 is 0 Å². The van der Waals surface area contributed by atoms with Crippen LogP contribution in [0.15, 0.2) is 65.6 Å². The number of carbonyl (C=O) groups is 1. The number of nitrogens with one attached hydrogen (secondary N) is 1. The largest absolute Gasteiger partial charge is 0.352 e. The first-order chi connectivity index (χ1) is 15.4. The van der Waals surface area contributed by atoms with Gasteiger partial charge in [-0.3, -0.25) is 4.79 Å². The first kappa shape index (κ1) is 22.5. The summed E-state index contributed by atoms with van der Waals surface area (Å²) in [7, 11) is -3.48. The maximum atomic E-state index is 12.8. The molecular weight excluding hydrogens is 448 g/mol. The lowest BCUT2D eigenvalue weighted by atomic mass is 9.98. The number of aryl methyl sites for hydroxylation is 1. The van der Waals surface area contributed by atoms with Crippen LogP contribution in [-0.4, -0.2) is 48.0 Å². The highest BCUT2D eigenvalue weighted by molar-refractivity contribution is 7.89. The van der Waals surface area contributed by atoms with Crippen molar-refractivity contribution < 1.29 is 13.2 Å². The Morgan fingerprint density at radius 2 is 1.66 bits per heavy atom. The van der Waals surface area contributed by atoms with Crippen molar-refractivity contribution in [3.05, 3.63) is 77.1 Å². The number of benzene rings is 2. The molecule has 32 heavy (non-hydrogen) atoms. The third-order valence-corrected chi connectivity index (χ3v) is 8.00. The molecule has 1 aliphatic rings. The number of aromatic nitrogens is 2. The molecule has 3 aromatic rings. The van der Waals surface area contributed by atoms with E-state index in [4.69, 9.17) is 11.6 Å². The highest BCUT2D eigenvalue weighted by Crippen LogP contribution is 2.25. The van der Waals surface area contributed by atoms with E-state index in [1.54, 1.807) is 41.9 Å². The molecule has 0 aliphatic carbocycles. The lowest BCUT2D eigenvalue weighted by molar-refractivity contribution is 0.0941. The minimum atomic E-state index is -3.48. The highest BCUT2D eigenvalue weighted by atomic mass is 35.5. The summed E-state index contributed by atoms with van der Waals surface area (Å²) in [6.45, 7) is 3.09. The Labute approximate surface area is 193 Å². The van der Waals surface area contributed by atoms with Gasteiger partial charge in [0.15, 0.2) is 0 Å². The molecule has 1 amide bonds. The Balaban J connectivity index is 1.36. The lowest BCUT2D eigenvalue weighted by Gasteiger charge is -2.31. The van der Waals surface area contributed by atoms with Gasteiger partial charge in [0.25, 0.3) is 5.91 Å². The van der Waals surface area contributed by atoms with Gasteiger partial charge in [-0.2, -0.15) is 9.40 Å². The Bertz CT molecular complexity index is 1190. The minimum Gasteiger partial charge on any atom is -0.352 e. The summed E-state index contributed by atoms with van der Waals surface area (Å²) >= 11 is 6.47. The molecule has 168 valence electrons. The van der Waals surface area contributed by atoms with Crippen molar-refractivity contribution >= 4 is 27.5 Å². The number of piperidine rings is 1. The quantitative estimate of drug-likeness (QED) is 0.593. The zero-order valence-electron chi connectivity index (χ0n) is 17.7. The van der Waals surface area contributed by atoms with Gasteiger partial charge in [0.2, 0.25) is 10.0 Å². The number of hydrogen-bond donors (Lipinski definition) is 1. The summed E-state index contributed by atoms with van der Waals surface area (Å²) in [6, 6.07) is 17.9. The van der Waals surface area contributed by atoms with Crippen molar-refractivity contribution in [2.75, 3.05) is 19.6 Å². The van der Waals surface area contributed by atoms with E-state index in [1.165, 1.54) is 4.31 Å². The van der Waals surface area contributed by atoms with Crippen molar-refractivity contribution in [1.82, 2.24) is 19.4 Å². The van der Waals surface area contributed by atoms with Crippen LogP contribution in [-0.2, 0) is 10.0 Å². The molecule has 9 heteroatoms. The van der Waals surface area contributed by atoms with E-state index in [-0.39, 0.29) is 17.0 Å². The Morgan fingerprint density at radius 3 is 2.28 bits per heavy atom. The molecule has 0 saturated carbocycles. The van der Waals surface area contributed by atoms with E-state index in [1.807, 2.05) is 30.3 Å². The van der Waals surface area contributed by atoms with Crippen LogP contribution in [0.25, 0.3) is 5.69 Å². The van der Waals surface area contributed by atoms with Gasteiger partial charge in [-0.1, -0.05) is 48.0 Å². The minimum absolute atomic E-state index is 0.199. The predicted molar refractivity (Wildman–Crippen MR) is 124 cm³/mol. The molecule has 1 N–H and O–H groups in total. The summed E-state index contributed by atoms with van der Waals surface area (Å²) in [5.41, 5.74) is 1.70. The third-order valence-electron chi connectivity index (χ3n) is 5.74. The van der Waals surface area contributed by atoms with Gasteiger partial charge in [0.05, 0.1) is 21.8 Å². The Kier molecular flexibility index (Phi) is 6.64. The molecule has 4 rings (SSSR count). The number of carbonyl (C=O) groups excluding carboxylic acids is 1. The van der Waals surface area contributed by atoms with Crippen LogP contribution in [0, 0.1) is 12.8 Å². The summed E-state index contributed by atoms with van der Waals surface area (Å²) < 4.78 is 28.6. The molecule has 2 heterocycles. The van der Waals surface area contributed by atoms with Crippen molar-refractivity contribution in [3.63, 3.8) is 0 Å². The third kappa shape index (κ3) is 4.57. The molecule has 7 nitrogen and oxygen atoms in total. The number of rotatable bonds is 6. The summed E-state index contributed by atoms with van der Waals surface area (Å²) in [4.78, 5) is 13.1. The molecule has 0 spiro atoms. The molecule has 1 aromatic heterocycles. The van der Waals surface area contributed by atoms with Gasteiger partial charge in [0.1, 0.15) is 5.15 Å². The number of amides is 1. The van der Waals surface area contributed by atoms with Crippen LogP contribution in [0.1, 0.15) is 28.9 Å². The van der Waals surface area contributed by atoms with Crippen molar-refractivity contribution in [2.24, 2.45) is 5.92 Å². The van der Waals surface area contributed by atoms with Crippen molar-refractivity contribution in [2.45, 2.75) is 24.7 Å². The second-order valence-electron chi connectivity index (χ2n) is 7.87. The molecule has 1 fully saturated rings. The smallest absolute Gasteiger partial charge is 0.256 e. The van der Waals surface area contributed by atoms with Crippen LogP contribution < -0.4 is 5.32 Å². The molecule has 0 bridgehead atoms. The maximum Gasteiger partial charge on any atom is 0.256 e. The monoisotopic (exact) mass is 472 g/mol.